The Morgan fingerprint density at radius 3 is 1.80 bits per heavy atom. The van der Waals surface area contributed by atoms with Gasteiger partial charge >= 0.3 is 5.97 Å². The molecule has 0 aliphatic carbocycles. The van der Waals surface area contributed by atoms with Crippen molar-refractivity contribution in [1.82, 2.24) is 0 Å². The number of aromatic carboxylic acids is 1. The molecule has 0 aliphatic rings. The van der Waals surface area contributed by atoms with Crippen molar-refractivity contribution in [2.45, 2.75) is 79.6 Å². The minimum Gasteiger partial charge on any atom is -0.508 e. The zero-order valence-corrected chi connectivity index (χ0v) is 19.3. The van der Waals surface area contributed by atoms with Crippen molar-refractivity contribution in [2.24, 2.45) is 0 Å². The SMILES string of the molecule is CC(C)=CCCC(C)=CCCC(C)=CCCC(C)=CCc1cc(C(=O)O)ccc1O. The number of aromatic hydroxyl groups is 1. The Bertz CT molecular complexity index is 819. The van der Waals surface area contributed by atoms with Crippen LogP contribution in [0.5, 0.6) is 5.75 Å². The zero-order chi connectivity index (χ0) is 22.5. The van der Waals surface area contributed by atoms with Gasteiger partial charge in [0.2, 0.25) is 0 Å². The van der Waals surface area contributed by atoms with E-state index in [1.165, 1.54) is 34.4 Å². The molecule has 0 heterocycles. The molecule has 0 unspecified atom stereocenters. The molecule has 164 valence electrons. The summed E-state index contributed by atoms with van der Waals surface area (Å²) in [5.74, 6) is -0.834. The Balaban J connectivity index is 2.42. The third kappa shape index (κ3) is 10.8. The highest BCUT2D eigenvalue weighted by Crippen LogP contribution is 2.21. The van der Waals surface area contributed by atoms with Crippen LogP contribution in [0.15, 0.2) is 64.8 Å². The van der Waals surface area contributed by atoms with Crippen LogP contribution in [0.1, 0.15) is 89.1 Å². The van der Waals surface area contributed by atoms with Gasteiger partial charge in [-0.25, -0.2) is 4.79 Å². The van der Waals surface area contributed by atoms with E-state index in [1.807, 2.05) is 0 Å². The summed E-state index contributed by atoms with van der Waals surface area (Å²) in [6.07, 6.45) is 16.0. The molecule has 2 N–H and O–H groups in total. The van der Waals surface area contributed by atoms with Crippen LogP contribution in [0.25, 0.3) is 0 Å². The average Bonchev–Trinajstić information content (AvgIpc) is 2.66. The van der Waals surface area contributed by atoms with Crippen molar-refractivity contribution in [2.75, 3.05) is 0 Å². The van der Waals surface area contributed by atoms with Crippen molar-refractivity contribution in [3.05, 3.63) is 75.9 Å². The summed E-state index contributed by atoms with van der Waals surface area (Å²) in [7, 11) is 0. The van der Waals surface area contributed by atoms with Crippen molar-refractivity contribution < 1.29 is 15.0 Å². The largest absolute Gasteiger partial charge is 0.508 e. The van der Waals surface area contributed by atoms with Gasteiger partial charge in [-0.2, -0.15) is 0 Å². The number of carbonyl (C=O) groups is 1. The van der Waals surface area contributed by atoms with Crippen LogP contribution in [-0.4, -0.2) is 16.2 Å². The predicted molar refractivity (Wildman–Crippen MR) is 127 cm³/mol. The lowest BCUT2D eigenvalue weighted by Gasteiger charge is -2.05. The van der Waals surface area contributed by atoms with Crippen LogP contribution in [0.2, 0.25) is 0 Å². The van der Waals surface area contributed by atoms with Gasteiger partial charge in [-0.3, -0.25) is 0 Å². The first kappa shape index (κ1) is 25.5. The van der Waals surface area contributed by atoms with E-state index in [-0.39, 0.29) is 11.3 Å². The van der Waals surface area contributed by atoms with E-state index in [2.05, 4.69) is 58.9 Å². The van der Waals surface area contributed by atoms with E-state index >= 15 is 0 Å². The quantitative estimate of drug-likeness (QED) is 0.346. The lowest BCUT2D eigenvalue weighted by molar-refractivity contribution is 0.0696. The van der Waals surface area contributed by atoms with Crippen molar-refractivity contribution in [3.63, 3.8) is 0 Å². The van der Waals surface area contributed by atoms with E-state index in [1.54, 1.807) is 6.07 Å². The molecule has 0 aromatic heterocycles. The number of allylic oxidation sites excluding steroid dienone is 8. The number of phenolic OH excluding ortho intramolecular Hbond substituents is 1. The fourth-order valence-corrected chi connectivity index (χ4v) is 3.15. The number of carboxylic acids is 1. The number of rotatable bonds is 12. The maximum Gasteiger partial charge on any atom is 0.335 e. The lowest BCUT2D eigenvalue weighted by atomic mass is 10.0. The zero-order valence-electron chi connectivity index (χ0n) is 19.3. The Kier molecular flexibility index (Phi) is 11.6. The summed E-state index contributed by atoms with van der Waals surface area (Å²) in [6, 6.07) is 4.41. The number of phenols is 1. The van der Waals surface area contributed by atoms with Gasteiger partial charge in [-0.1, -0.05) is 46.6 Å². The minimum atomic E-state index is -0.976. The van der Waals surface area contributed by atoms with E-state index < -0.39 is 5.97 Å². The molecule has 0 aliphatic heterocycles. The van der Waals surface area contributed by atoms with Gasteiger partial charge in [-0.15, -0.1) is 0 Å². The summed E-state index contributed by atoms with van der Waals surface area (Å²) < 4.78 is 0. The maximum atomic E-state index is 11.1. The lowest BCUT2D eigenvalue weighted by Crippen LogP contribution is -1.97. The summed E-state index contributed by atoms with van der Waals surface area (Å²) >= 11 is 0. The third-order valence-corrected chi connectivity index (χ3v) is 5.15. The number of hydrogen-bond donors (Lipinski definition) is 2. The highest BCUT2D eigenvalue weighted by molar-refractivity contribution is 5.88. The van der Waals surface area contributed by atoms with Crippen LogP contribution in [0.3, 0.4) is 0 Å². The molecule has 0 saturated carbocycles. The summed E-state index contributed by atoms with van der Waals surface area (Å²) in [5.41, 5.74) is 6.37. The van der Waals surface area contributed by atoms with Crippen LogP contribution in [0.4, 0.5) is 0 Å². The monoisotopic (exact) mass is 410 g/mol. The Morgan fingerprint density at radius 2 is 1.30 bits per heavy atom. The highest BCUT2D eigenvalue weighted by atomic mass is 16.4. The minimum absolute atomic E-state index is 0.143. The second-order valence-electron chi connectivity index (χ2n) is 8.40. The van der Waals surface area contributed by atoms with E-state index in [9.17, 15) is 9.90 Å². The first-order chi connectivity index (χ1) is 14.2. The fraction of sp³-hybridized carbons (Fsp3) is 0.444. The first-order valence-corrected chi connectivity index (χ1v) is 10.8. The molecular formula is C27H38O3. The molecule has 0 spiro atoms. The smallest absolute Gasteiger partial charge is 0.335 e. The standard InChI is InChI=1S/C27H38O3/c1-20(2)9-6-10-21(3)11-7-12-22(4)13-8-14-23(5)15-16-24-19-25(27(29)30)17-18-26(24)28/h9,11,13,15,17-19,28H,6-8,10,12,14,16H2,1-5H3,(H,29,30). The van der Waals surface area contributed by atoms with Gasteiger partial charge in [0.15, 0.2) is 0 Å². The fourth-order valence-electron chi connectivity index (χ4n) is 3.15. The normalized spacial score (nSPS) is 12.8. The molecule has 0 atom stereocenters. The Labute approximate surface area is 182 Å². The van der Waals surface area contributed by atoms with Crippen molar-refractivity contribution in [3.8, 4) is 5.75 Å². The van der Waals surface area contributed by atoms with Crippen LogP contribution < -0.4 is 0 Å². The van der Waals surface area contributed by atoms with Gasteiger partial charge in [0.05, 0.1) is 5.56 Å². The molecule has 1 rings (SSSR count). The second-order valence-corrected chi connectivity index (χ2v) is 8.40. The van der Waals surface area contributed by atoms with Crippen LogP contribution >= 0.6 is 0 Å². The molecule has 1 aromatic rings. The molecule has 0 bridgehead atoms. The Hall–Kier alpha value is -2.55. The molecule has 0 amide bonds. The summed E-state index contributed by atoms with van der Waals surface area (Å²) in [4.78, 5) is 11.1. The van der Waals surface area contributed by atoms with Crippen LogP contribution in [0, 0.1) is 0 Å². The van der Waals surface area contributed by atoms with Gasteiger partial charge in [0, 0.05) is 0 Å². The molecule has 0 saturated heterocycles. The van der Waals surface area contributed by atoms with Gasteiger partial charge in [-0.05, 0) is 103 Å². The maximum absolute atomic E-state index is 11.1. The summed E-state index contributed by atoms with van der Waals surface area (Å²) in [6.45, 7) is 10.8. The molecular weight excluding hydrogens is 372 g/mol. The van der Waals surface area contributed by atoms with Crippen molar-refractivity contribution >= 4 is 5.97 Å². The molecule has 3 heteroatoms. The van der Waals surface area contributed by atoms with Gasteiger partial charge < -0.3 is 10.2 Å². The predicted octanol–water partition coefficient (Wildman–Crippen LogP) is 7.78. The third-order valence-electron chi connectivity index (χ3n) is 5.15. The number of carboxylic acid groups (broad SMARTS) is 1. The average molecular weight is 411 g/mol. The topological polar surface area (TPSA) is 57.5 Å². The van der Waals surface area contributed by atoms with Crippen LogP contribution in [-0.2, 0) is 6.42 Å². The number of benzene rings is 1. The molecule has 1 aromatic carbocycles. The van der Waals surface area contributed by atoms with Gasteiger partial charge in [0.25, 0.3) is 0 Å². The second kappa shape index (κ2) is 13.6. The van der Waals surface area contributed by atoms with E-state index in [0.717, 1.165) is 38.5 Å². The molecule has 0 fully saturated rings. The van der Waals surface area contributed by atoms with Crippen molar-refractivity contribution in [1.29, 1.82) is 0 Å². The first-order valence-electron chi connectivity index (χ1n) is 10.8. The van der Waals surface area contributed by atoms with E-state index in [4.69, 9.17) is 5.11 Å². The number of hydrogen-bond acceptors (Lipinski definition) is 2. The summed E-state index contributed by atoms with van der Waals surface area (Å²) in [5, 5.41) is 19.0. The Morgan fingerprint density at radius 1 is 0.800 bits per heavy atom. The van der Waals surface area contributed by atoms with Gasteiger partial charge in [0.1, 0.15) is 5.75 Å². The molecule has 30 heavy (non-hydrogen) atoms. The molecule has 0 radical (unpaired) electrons. The highest BCUT2D eigenvalue weighted by Gasteiger charge is 2.07. The van der Waals surface area contributed by atoms with E-state index in [0.29, 0.717) is 12.0 Å². The molecule has 3 nitrogen and oxygen atoms in total.